The molecule has 7 nitrogen and oxygen atoms in total. The van der Waals surface area contributed by atoms with Gasteiger partial charge in [0.15, 0.2) is 17.3 Å². The molecule has 0 saturated carbocycles. The van der Waals surface area contributed by atoms with E-state index in [0.29, 0.717) is 41.1 Å². The Labute approximate surface area is 222 Å². The van der Waals surface area contributed by atoms with Crippen molar-refractivity contribution in [2.24, 2.45) is 0 Å². The zero-order valence-electron chi connectivity index (χ0n) is 20.9. The van der Waals surface area contributed by atoms with Gasteiger partial charge in [-0.25, -0.2) is 4.98 Å². The van der Waals surface area contributed by atoms with Crippen molar-refractivity contribution in [3.05, 3.63) is 89.4 Å². The highest BCUT2D eigenvalue weighted by molar-refractivity contribution is 6.34. The summed E-state index contributed by atoms with van der Waals surface area (Å²) in [6.45, 7) is 1.06. The van der Waals surface area contributed by atoms with Crippen LogP contribution in [0.1, 0.15) is 5.56 Å². The van der Waals surface area contributed by atoms with Gasteiger partial charge in [0.2, 0.25) is 5.88 Å². The van der Waals surface area contributed by atoms with E-state index >= 15 is 0 Å². The SMILES string of the molecule is COc1ccc(CCNC[C@H](O)COc2nc(-c3ccccc3)nc(-c3ccccc3)c2Cl)cc1OC. The summed E-state index contributed by atoms with van der Waals surface area (Å²) in [4.78, 5) is 9.25. The molecule has 0 aliphatic rings. The van der Waals surface area contributed by atoms with Gasteiger partial charge in [0, 0.05) is 17.7 Å². The van der Waals surface area contributed by atoms with E-state index < -0.39 is 6.10 Å². The molecule has 0 amide bonds. The first-order chi connectivity index (χ1) is 18.1. The van der Waals surface area contributed by atoms with Crippen LogP contribution in [0.5, 0.6) is 17.4 Å². The molecule has 1 aromatic heterocycles. The lowest BCUT2D eigenvalue weighted by atomic mass is 10.1. The highest BCUT2D eigenvalue weighted by Gasteiger charge is 2.18. The molecule has 0 radical (unpaired) electrons. The summed E-state index contributed by atoms with van der Waals surface area (Å²) in [5, 5.41) is 14.1. The van der Waals surface area contributed by atoms with Gasteiger partial charge >= 0.3 is 0 Å². The predicted octanol–water partition coefficient (Wildman–Crippen LogP) is 5.05. The van der Waals surface area contributed by atoms with Crippen molar-refractivity contribution in [1.29, 1.82) is 0 Å². The monoisotopic (exact) mass is 519 g/mol. The molecule has 4 rings (SSSR count). The van der Waals surface area contributed by atoms with Gasteiger partial charge in [-0.1, -0.05) is 78.3 Å². The zero-order chi connectivity index (χ0) is 26.0. The Morgan fingerprint density at radius 2 is 1.54 bits per heavy atom. The fourth-order valence-corrected chi connectivity index (χ4v) is 4.05. The molecule has 2 N–H and O–H groups in total. The van der Waals surface area contributed by atoms with Crippen molar-refractivity contribution in [3.8, 4) is 40.0 Å². The third-order valence-corrected chi connectivity index (χ3v) is 6.07. The molecule has 0 aliphatic carbocycles. The number of aromatic nitrogens is 2. The molecule has 3 aromatic carbocycles. The van der Waals surface area contributed by atoms with Crippen LogP contribution in [-0.4, -0.2) is 55.1 Å². The van der Waals surface area contributed by atoms with E-state index in [9.17, 15) is 5.11 Å². The lowest BCUT2D eigenvalue weighted by Crippen LogP contribution is -2.32. The summed E-state index contributed by atoms with van der Waals surface area (Å²) in [6.07, 6.45) is 0.0174. The fraction of sp³-hybridized carbons (Fsp3) is 0.241. The number of hydrogen-bond donors (Lipinski definition) is 2. The summed E-state index contributed by atoms with van der Waals surface area (Å²) in [5.74, 6) is 2.13. The van der Waals surface area contributed by atoms with Gasteiger partial charge in [0.1, 0.15) is 17.7 Å². The second-order valence-corrected chi connectivity index (χ2v) is 8.73. The minimum absolute atomic E-state index is 0.0303. The van der Waals surface area contributed by atoms with Gasteiger partial charge in [0.05, 0.1) is 19.9 Å². The standard InChI is InChI=1S/C29H30ClN3O4/c1-35-24-14-13-20(17-25(24)36-2)15-16-31-18-23(34)19-37-29-26(30)27(21-9-5-3-6-10-21)32-28(33-29)22-11-7-4-8-12-22/h3-14,17,23,31,34H,15-16,18-19H2,1-2H3/t23-/m0/s1. The first-order valence-corrected chi connectivity index (χ1v) is 12.4. The Morgan fingerprint density at radius 3 is 2.22 bits per heavy atom. The van der Waals surface area contributed by atoms with Crippen LogP contribution in [0.4, 0.5) is 0 Å². The Hall–Kier alpha value is -3.65. The number of benzene rings is 3. The molecule has 0 unspecified atom stereocenters. The highest BCUT2D eigenvalue weighted by Crippen LogP contribution is 2.35. The van der Waals surface area contributed by atoms with Gasteiger partial charge in [-0.3, -0.25) is 0 Å². The number of halogens is 1. The molecule has 8 heteroatoms. The quantitative estimate of drug-likeness (QED) is 0.253. The second-order valence-electron chi connectivity index (χ2n) is 8.36. The summed E-state index contributed by atoms with van der Waals surface area (Å²) in [7, 11) is 3.23. The molecule has 0 aliphatic heterocycles. The second kappa shape index (κ2) is 13.1. The Balaban J connectivity index is 1.38. The first-order valence-electron chi connectivity index (χ1n) is 12.0. The molecule has 37 heavy (non-hydrogen) atoms. The maximum atomic E-state index is 10.5. The number of nitrogens with one attached hydrogen (secondary N) is 1. The highest BCUT2D eigenvalue weighted by atomic mass is 35.5. The van der Waals surface area contributed by atoms with E-state index in [1.807, 2.05) is 78.9 Å². The number of aliphatic hydroxyl groups excluding tert-OH is 1. The number of ether oxygens (including phenoxy) is 3. The molecule has 1 heterocycles. The number of hydrogen-bond acceptors (Lipinski definition) is 7. The van der Waals surface area contributed by atoms with Crippen molar-refractivity contribution >= 4 is 11.6 Å². The zero-order valence-corrected chi connectivity index (χ0v) is 21.6. The van der Waals surface area contributed by atoms with E-state index in [0.717, 1.165) is 23.1 Å². The topological polar surface area (TPSA) is 85.7 Å². The number of methoxy groups -OCH3 is 2. The Kier molecular flexibility index (Phi) is 9.32. The summed E-state index contributed by atoms with van der Waals surface area (Å²) >= 11 is 6.66. The van der Waals surface area contributed by atoms with Crippen molar-refractivity contribution in [3.63, 3.8) is 0 Å². The fourth-order valence-electron chi connectivity index (χ4n) is 3.80. The maximum Gasteiger partial charge on any atom is 0.237 e. The minimum Gasteiger partial charge on any atom is -0.493 e. The van der Waals surface area contributed by atoms with Gasteiger partial charge in [-0.2, -0.15) is 4.98 Å². The van der Waals surface area contributed by atoms with Crippen LogP contribution < -0.4 is 19.5 Å². The maximum absolute atomic E-state index is 10.5. The van der Waals surface area contributed by atoms with Crippen LogP contribution >= 0.6 is 11.6 Å². The Bertz CT molecular complexity index is 1290. The number of nitrogens with zero attached hydrogens (tertiary/aromatic N) is 2. The lowest BCUT2D eigenvalue weighted by Gasteiger charge is -2.16. The normalized spacial score (nSPS) is 11.7. The van der Waals surface area contributed by atoms with E-state index in [1.165, 1.54) is 0 Å². The third-order valence-electron chi connectivity index (χ3n) is 5.73. The predicted molar refractivity (Wildman–Crippen MR) is 146 cm³/mol. The number of rotatable bonds is 12. The van der Waals surface area contributed by atoms with E-state index in [1.54, 1.807) is 14.2 Å². The van der Waals surface area contributed by atoms with Gasteiger partial charge in [0.25, 0.3) is 0 Å². The first kappa shape index (κ1) is 26.4. The molecule has 1 atom stereocenters. The van der Waals surface area contributed by atoms with E-state index in [-0.39, 0.29) is 12.5 Å². The van der Waals surface area contributed by atoms with Crippen LogP contribution in [0, 0.1) is 0 Å². The van der Waals surface area contributed by atoms with Crippen LogP contribution in [-0.2, 0) is 6.42 Å². The van der Waals surface area contributed by atoms with Gasteiger partial charge in [-0.05, 0) is 30.7 Å². The largest absolute Gasteiger partial charge is 0.493 e. The summed E-state index contributed by atoms with van der Waals surface area (Å²) in [5.41, 5.74) is 3.38. The minimum atomic E-state index is -0.753. The average molecular weight is 520 g/mol. The number of aliphatic hydroxyl groups is 1. The van der Waals surface area contributed by atoms with Gasteiger partial charge < -0.3 is 24.6 Å². The molecule has 0 saturated heterocycles. The molecule has 0 fully saturated rings. The average Bonchev–Trinajstić information content (AvgIpc) is 2.95. The summed E-state index contributed by atoms with van der Waals surface area (Å²) in [6, 6.07) is 25.1. The smallest absolute Gasteiger partial charge is 0.237 e. The van der Waals surface area contributed by atoms with E-state index in [2.05, 4.69) is 10.3 Å². The van der Waals surface area contributed by atoms with Crippen LogP contribution in [0.25, 0.3) is 22.6 Å². The van der Waals surface area contributed by atoms with Crippen LogP contribution in [0.3, 0.4) is 0 Å². The molecule has 0 spiro atoms. The lowest BCUT2D eigenvalue weighted by molar-refractivity contribution is 0.104. The van der Waals surface area contributed by atoms with E-state index in [4.69, 9.17) is 30.8 Å². The molecular formula is C29H30ClN3O4. The molecular weight excluding hydrogens is 490 g/mol. The van der Waals surface area contributed by atoms with Crippen LogP contribution in [0.15, 0.2) is 78.9 Å². The van der Waals surface area contributed by atoms with Crippen molar-refractivity contribution in [2.75, 3.05) is 33.9 Å². The Morgan fingerprint density at radius 1 is 0.865 bits per heavy atom. The molecule has 0 bridgehead atoms. The third kappa shape index (κ3) is 6.98. The molecule has 192 valence electrons. The summed E-state index contributed by atoms with van der Waals surface area (Å²) < 4.78 is 16.5. The van der Waals surface area contributed by atoms with Crippen molar-refractivity contribution < 1.29 is 19.3 Å². The molecule has 4 aromatic rings. The van der Waals surface area contributed by atoms with Crippen molar-refractivity contribution in [2.45, 2.75) is 12.5 Å². The van der Waals surface area contributed by atoms with Gasteiger partial charge in [-0.15, -0.1) is 0 Å². The van der Waals surface area contributed by atoms with Crippen molar-refractivity contribution in [1.82, 2.24) is 15.3 Å². The van der Waals surface area contributed by atoms with Crippen LogP contribution in [0.2, 0.25) is 5.02 Å².